The van der Waals surface area contributed by atoms with Gasteiger partial charge in [-0.15, -0.1) is 0 Å². The second kappa shape index (κ2) is 6.20. The average Bonchev–Trinajstić information content (AvgIpc) is 2.64. The molecule has 1 amide bonds. The summed E-state index contributed by atoms with van der Waals surface area (Å²) in [5.41, 5.74) is 3.39. The third-order valence-electron chi connectivity index (χ3n) is 3.78. The van der Waals surface area contributed by atoms with Gasteiger partial charge in [0.2, 0.25) is 5.91 Å². The van der Waals surface area contributed by atoms with Crippen molar-refractivity contribution in [1.82, 2.24) is 5.32 Å². The summed E-state index contributed by atoms with van der Waals surface area (Å²) in [7, 11) is 1.88. The van der Waals surface area contributed by atoms with Gasteiger partial charge in [0.1, 0.15) is 0 Å². The number of carbonyl (C=O) groups excluding carboxylic acids is 1. The SMILES string of the molecule is Cc1cc(C)cc(N(C)C(=O)C2CCCCCN2)c1. The number of hydrogen-bond donors (Lipinski definition) is 1. The van der Waals surface area contributed by atoms with Gasteiger partial charge in [-0.25, -0.2) is 0 Å². The molecule has 1 aromatic carbocycles. The molecule has 1 fully saturated rings. The quantitative estimate of drug-likeness (QED) is 0.887. The van der Waals surface area contributed by atoms with Crippen LogP contribution in [0.25, 0.3) is 0 Å². The van der Waals surface area contributed by atoms with Crippen molar-refractivity contribution in [1.29, 1.82) is 0 Å². The number of nitrogens with one attached hydrogen (secondary N) is 1. The Hall–Kier alpha value is -1.35. The van der Waals surface area contributed by atoms with Gasteiger partial charge < -0.3 is 10.2 Å². The predicted molar refractivity (Wildman–Crippen MR) is 79.6 cm³/mol. The maximum Gasteiger partial charge on any atom is 0.243 e. The van der Waals surface area contributed by atoms with Crippen molar-refractivity contribution in [2.24, 2.45) is 0 Å². The highest BCUT2D eigenvalue weighted by atomic mass is 16.2. The summed E-state index contributed by atoms with van der Waals surface area (Å²) in [6.45, 7) is 5.09. The van der Waals surface area contributed by atoms with Crippen LogP contribution in [0.15, 0.2) is 18.2 Å². The molecule has 19 heavy (non-hydrogen) atoms. The summed E-state index contributed by atoms with van der Waals surface area (Å²) in [5, 5.41) is 3.37. The molecule has 1 aliphatic rings. The number of nitrogens with zero attached hydrogens (tertiary/aromatic N) is 1. The van der Waals surface area contributed by atoms with E-state index in [1.807, 2.05) is 7.05 Å². The number of likely N-dealkylation sites (N-methyl/N-ethyl adjacent to an activating group) is 1. The Morgan fingerprint density at radius 1 is 1.16 bits per heavy atom. The Labute approximate surface area is 116 Å². The predicted octanol–water partition coefficient (Wildman–Crippen LogP) is 2.80. The molecule has 1 atom stereocenters. The summed E-state index contributed by atoms with van der Waals surface area (Å²) >= 11 is 0. The summed E-state index contributed by atoms with van der Waals surface area (Å²) in [4.78, 5) is 14.3. The van der Waals surface area contributed by atoms with E-state index < -0.39 is 0 Å². The fourth-order valence-corrected chi connectivity index (χ4v) is 2.74. The molecule has 104 valence electrons. The topological polar surface area (TPSA) is 32.3 Å². The van der Waals surface area contributed by atoms with Crippen molar-refractivity contribution in [2.45, 2.75) is 45.6 Å². The fourth-order valence-electron chi connectivity index (χ4n) is 2.74. The average molecular weight is 260 g/mol. The smallest absolute Gasteiger partial charge is 0.243 e. The lowest BCUT2D eigenvalue weighted by Crippen LogP contribution is -2.44. The Balaban J connectivity index is 2.13. The van der Waals surface area contributed by atoms with Gasteiger partial charge >= 0.3 is 0 Å². The molecule has 0 bridgehead atoms. The van der Waals surface area contributed by atoms with E-state index in [4.69, 9.17) is 0 Å². The molecule has 0 spiro atoms. The maximum atomic E-state index is 12.5. The first kappa shape index (κ1) is 14.1. The van der Waals surface area contributed by atoms with Crippen LogP contribution in [0.2, 0.25) is 0 Å². The summed E-state index contributed by atoms with van der Waals surface area (Å²) in [6, 6.07) is 6.25. The van der Waals surface area contributed by atoms with Gasteiger partial charge in [0, 0.05) is 12.7 Å². The van der Waals surface area contributed by atoms with Gasteiger partial charge in [0.25, 0.3) is 0 Å². The van der Waals surface area contributed by atoms with Gasteiger partial charge in [-0.1, -0.05) is 18.9 Å². The minimum absolute atomic E-state index is 0.0201. The van der Waals surface area contributed by atoms with Crippen molar-refractivity contribution in [2.75, 3.05) is 18.5 Å². The monoisotopic (exact) mass is 260 g/mol. The number of benzene rings is 1. The molecule has 3 heteroatoms. The van der Waals surface area contributed by atoms with E-state index in [2.05, 4.69) is 37.4 Å². The zero-order chi connectivity index (χ0) is 13.8. The molecule has 1 heterocycles. The van der Waals surface area contributed by atoms with Crippen LogP contribution < -0.4 is 10.2 Å². The minimum Gasteiger partial charge on any atom is -0.314 e. The number of aryl methyl sites for hydroxylation is 2. The third-order valence-corrected chi connectivity index (χ3v) is 3.78. The molecule has 0 saturated carbocycles. The molecule has 1 aliphatic heterocycles. The summed E-state index contributed by atoms with van der Waals surface area (Å²) in [5.74, 6) is 0.187. The highest BCUT2D eigenvalue weighted by Gasteiger charge is 2.23. The highest BCUT2D eigenvalue weighted by molar-refractivity contribution is 5.96. The Kier molecular flexibility index (Phi) is 4.59. The lowest BCUT2D eigenvalue weighted by atomic mass is 10.1. The van der Waals surface area contributed by atoms with E-state index in [1.54, 1.807) is 4.90 Å². The molecule has 0 aromatic heterocycles. The van der Waals surface area contributed by atoms with E-state index in [1.165, 1.54) is 24.0 Å². The number of anilines is 1. The first-order valence-corrected chi connectivity index (χ1v) is 7.17. The van der Waals surface area contributed by atoms with E-state index in [-0.39, 0.29) is 11.9 Å². The second-order valence-corrected chi connectivity index (χ2v) is 5.60. The van der Waals surface area contributed by atoms with Crippen molar-refractivity contribution < 1.29 is 4.79 Å². The van der Waals surface area contributed by atoms with Gasteiger partial charge in [-0.3, -0.25) is 4.79 Å². The Morgan fingerprint density at radius 3 is 2.53 bits per heavy atom. The highest BCUT2D eigenvalue weighted by Crippen LogP contribution is 2.19. The fraction of sp³-hybridized carbons (Fsp3) is 0.562. The molecular formula is C16H24N2O. The van der Waals surface area contributed by atoms with Gasteiger partial charge in [-0.05, 0) is 56.5 Å². The van der Waals surface area contributed by atoms with Crippen molar-refractivity contribution in [3.63, 3.8) is 0 Å². The molecule has 0 aliphatic carbocycles. The lowest BCUT2D eigenvalue weighted by molar-refractivity contribution is -0.120. The number of amides is 1. The first-order valence-electron chi connectivity index (χ1n) is 7.17. The van der Waals surface area contributed by atoms with Crippen LogP contribution in [0.3, 0.4) is 0 Å². The standard InChI is InChI=1S/C16H24N2O/c1-12-9-13(2)11-14(10-12)18(3)16(19)15-7-5-4-6-8-17-15/h9-11,15,17H,4-8H2,1-3H3. The minimum atomic E-state index is -0.0201. The van der Waals surface area contributed by atoms with Crippen molar-refractivity contribution >= 4 is 11.6 Å². The third kappa shape index (κ3) is 3.57. The van der Waals surface area contributed by atoms with Crippen LogP contribution in [-0.2, 0) is 4.79 Å². The van der Waals surface area contributed by atoms with Crippen LogP contribution in [0.4, 0.5) is 5.69 Å². The van der Waals surface area contributed by atoms with E-state index >= 15 is 0 Å². The maximum absolute atomic E-state index is 12.5. The molecule has 3 nitrogen and oxygen atoms in total. The van der Waals surface area contributed by atoms with Crippen LogP contribution in [-0.4, -0.2) is 25.5 Å². The number of carbonyl (C=O) groups is 1. The Bertz CT molecular complexity index is 428. The number of hydrogen-bond acceptors (Lipinski definition) is 2. The van der Waals surface area contributed by atoms with Crippen LogP contribution >= 0.6 is 0 Å². The molecule has 0 radical (unpaired) electrons. The van der Waals surface area contributed by atoms with Crippen LogP contribution in [0.5, 0.6) is 0 Å². The molecule has 1 unspecified atom stereocenters. The molecule has 1 saturated heterocycles. The molecule has 1 N–H and O–H groups in total. The van der Waals surface area contributed by atoms with Crippen LogP contribution in [0, 0.1) is 13.8 Å². The van der Waals surface area contributed by atoms with Gasteiger partial charge in [0.15, 0.2) is 0 Å². The Morgan fingerprint density at radius 2 is 1.84 bits per heavy atom. The molecular weight excluding hydrogens is 236 g/mol. The van der Waals surface area contributed by atoms with E-state index in [9.17, 15) is 4.79 Å². The van der Waals surface area contributed by atoms with Crippen molar-refractivity contribution in [3.05, 3.63) is 29.3 Å². The molecule has 1 aromatic rings. The molecule has 2 rings (SSSR count). The number of rotatable bonds is 2. The van der Waals surface area contributed by atoms with Gasteiger partial charge in [-0.2, -0.15) is 0 Å². The second-order valence-electron chi connectivity index (χ2n) is 5.60. The van der Waals surface area contributed by atoms with Crippen LogP contribution in [0.1, 0.15) is 36.8 Å². The van der Waals surface area contributed by atoms with Gasteiger partial charge in [0.05, 0.1) is 6.04 Å². The zero-order valence-electron chi connectivity index (χ0n) is 12.2. The zero-order valence-corrected chi connectivity index (χ0v) is 12.2. The van der Waals surface area contributed by atoms with Crippen molar-refractivity contribution in [3.8, 4) is 0 Å². The lowest BCUT2D eigenvalue weighted by Gasteiger charge is -2.24. The van der Waals surface area contributed by atoms with E-state index in [0.29, 0.717) is 0 Å². The normalized spacial score (nSPS) is 19.8. The first-order chi connectivity index (χ1) is 9.08. The summed E-state index contributed by atoms with van der Waals surface area (Å²) in [6.07, 6.45) is 4.50. The summed E-state index contributed by atoms with van der Waals surface area (Å²) < 4.78 is 0. The largest absolute Gasteiger partial charge is 0.314 e. The van der Waals surface area contributed by atoms with E-state index in [0.717, 1.165) is 25.1 Å².